The van der Waals surface area contributed by atoms with E-state index in [1.165, 1.54) is 5.56 Å². The zero-order valence-corrected chi connectivity index (χ0v) is 23.2. The van der Waals surface area contributed by atoms with Crippen LogP contribution in [0.5, 0.6) is 11.5 Å². The quantitative estimate of drug-likeness (QED) is 0.272. The Labute approximate surface area is 233 Å². The molecule has 1 unspecified atom stereocenters. The van der Waals surface area contributed by atoms with Crippen molar-refractivity contribution in [2.24, 2.45) is 0 Å². The SMILES string of the molecule is Cc1cc(C)nc(-c2cc(C)c(-c3ccc(F)c4c3CC[C@H]4Oc3ccc4c(c3)OCC4CC(=O)O)c(C)c2)c1. The number of aromatic nitrogens is 1. The van der Waals surface area contributed by atoms with E-state index in [0.717, 1.165) is 50.3 Å². The van der Waals surface area contributed by atoms with Gasteiger partial charge in [0.25, 0.3) is 0 Å². The van der Waals surface area contributed by atoms with Gasteiger partial charge in [-0.15, -0.1) is 0 Å². The number of pyridine rings is 1. The van der Waals surface area contributed by atoms with Crippen molar-refractivity contribution in [3.05, 3.63) is 99.5 Å². The number of carbonyl (C=O) groups is 1. The molecule has 0 spiro atoms. The van der Waals surface area contributed by atoms with E-state index in [1.54, 1.807) is 12.1 Å². The van der Waals surface area contributed by atoms with Gasteiger partial charge in [-0.3, -0.25) is 9.78 Å². The van der Waals surface area contributed by atoms with Gasteiger partial charge in [-0.1, -0.05) is 12.1 Å². The van der Waals surface area contributed by atoms with Crippen LogP contribution in [-0.4, -0.2) is 22.7 Å². The van der Waals surface area contributed by atoms with Crippen molar-refractivity contribution in [1.82, 2.24) is 4.98 Å². The van der Waals surface area contributed by atoms with Crippen LogP contribution in [0.3, 0.4) is 0 Å². The molecule has 0 amide bonds. The van der Waals surface area contributed by atoms with Crippen LogP contribution in [-0.2, 0) is 11.2 Å². The molecule has 0 bridgehead atoms. The minimum Gasteiger partial charge on any atom is -0.492 e. The topological polar surface area (TPSA) is 68.7 Å². The van der Waals surface area contributed by atoms with Gasteiger partial charge >= 0.3 is 5.97 Å². The first kappa shape index (κ1) is 26.1. The number of aliphatic carboxylic acids is 1. The van der Waals surface area contributed by atoms with Crippen molar-refractivity contribution in [3.63, 3.8) is 0 Å². The van der Waals surface area contributed by atoms with Crippen LogP contribution in [0.25, 0.3) is 22.4 Å². The summed E-state index contributed by atoms with van der Waals surface area (Å²) < 4.78 is 27.4. The van der Waals surface area contributed by atoms with Crippen LogP contribution in [0, 0.1) is 33.5 Å². The van der Waals surface area contributed by atoms with E-state index in [9.17, 15) is 4.79 Å². The first-order valence-electron chi connectivity index (χ1n) is 13.7. The molecule has 4 aromatic rings. The number of nitrogens with zero attached hydrogens (tertiary/aromatic N) is 1. The lowest BCUT2D eigenvalue weighted by atomic mass is 9.88. The predicted molar refractivity (Wildman–Crippen MR) is 153 cm³/mol. The van der Waals surface area contributed by atoms with Crippen LogP contribution < -0.4 is 9.47 Å². The Balaban J connectivity index is 1.31. The van der Waals surface area contributed by atoms with E-state index in [4.69, 9.17) is 19.6 Å². The maximum Gasteiger partial charge on any atom is 0.304 e. The molecule has 204 valence electrons. The molecule has 1 aliphatic carbocycles. The highest BCUT2D eigenvalue weighted by Crippen LogP contribution is 2.45. The Hall–Kier alpha value is -4.19. The van der Waals surface area contributed by atoms with Crippen molar-refractivity contribution in [3.8, 4) is 33.9 Å². The third kappa shape index (κ3) is 4.72. The molecule has 6 rings (SSSR count). The molecule has 1 aromatic heterocycles. The Morgan fingerprint density at radius 1 is 1.05 bits per heavy atom. The van der Waals surface area contributed by atoms with Crippen molar-refractivity contribution in [2.45, 2.75) is 59.0 Å². The van der Waals surface area contributed by atoms with Gasteiger partial charge in [-0.05, 0) is 110 Å². The summed E-state index contributed by atoms with van der Waals surface area (Å²) in [6.07, 6.45) is 1.00. The number of aryl methyl sites for hydroxylation is 4. The number of hydrogen-bond donors (Lipinski definition) is 1. The summed E-state index contributed by atoms with van der Waals surface area (Å²) in [5.74, 6) is -0.0441. The van der Waals surface area contributed by atoms with E-state index in [0.29, 0.717) is 36.5 Å². The highest BCUT2D eigenvalue weighted by Gasteiger charge is 2.32. The van der Waals surface area contributed by atoms with E-state index in [2.05, 4.69) is 45.0 Å². The molecular weight excluding hydrogens is 505 g/mol. The van der Waals surface area contributed by atoms with Gasteiger partial charge in [-0.2, -0.15) is 0 Å². The Kier molecular flexibility index (Phi) is 6.57. The van der Waals surface area contributed by atoms with Crippen LogP contribution in [0.4, 0.5) is 4.39 Å². The fourth-order valence-corrected chi connectivity index (χ4v) is 6.43. The summed E-state index contributed by atoms with van der Waals surface area (Å²) in [5.41, 5.74) is 11.1. The van der Waals surface area contributed by atoms with Crippen LogP contribution in [0.2, 0.25) is 0 Å². The first-order chi connectivity index (χ1) is 19.2. The average molecular weight is 538 g/mol. The zero-order valence-electron chi connectivity index (χ0n) is 23.2. The molecule has 1 N–H and O–H groups in total. The maximum atomic E-state index is 15.3. The molecule has 0 fully saturated rings. The second kappa shape index (κ2) is 10.1. The lowest BCUT2D eigenvalue weighted by Crippen LogP contribution is -2.07. The third-order valence-electron chi connectivity index (χ3n) is 8.04. The number of carboxylic acid groups (broad SMARTS) is 1. The number of fused-ring (bicyclic) bond motifs is 2. The Morgan fingerprint density at radius 3 is 2.55 bits per heavy atom. The van der Waals surface area contributed by atoms with Gasteiger partial charge in [0, 0.05) is 34.4 Å². The maximum absolute atomic E-state index is 15.3. The summed E-state index contributed by atoms with van der Waals surface area (Å²) >= 11 is 0. The fraction of sp³-hybridized carbons (Fsp3) is 0.294. The van der Waals surface area contributed by atoms with Gasteiger partial charge in [0.15, 0.2) is 0 Å². The average Bonchev–Trinajstić information content (AvgIpc) is 3.48. The van der Waals surface area contributed by atoms with E-state index < -0.39 is 12.1 Å². The van der Waals surface area contributed by atoms with Crippen LogP contribution in [0.15, 0.2) is 54.6 Å². The normalized spacial score (nSPS) is 17.3. The van der Waals surface area contributed by atoms with Gasteiger partial charge in [-0.25, -0.2) is 4.39 Å². The summed E-state index contributed by atoms with van der Waals surface area (Å²) in [6.45, 7) is 8.65. The van der Waals surface area contributed by atoms with Crippen molar-refractivity contribution < 1.29 is 23.8 Å². The minimum absolute atomic E-state index is 0.0259. The largest absolute Gasteiger partial charge is 0.492 e. The lowest BCUT2D eigenvalue weighted by molar-refractivity contribution is -0.137. The van der Waals surface area contributed by atoms with E-state index >= 15 is 4.39 Å². The molecule has 0 saturated heterocycles. The molecule has 5 nitrogen and oxygen atoms in total. The number of rotatable bonds is 6. The number of halogens is 1. The van der Waals surface area contributed by atoms with Crippen LogP contribution >= 0.6 is 0 Å². The van der Waals surface area contributed by atoms with Crippen molar-refractivity contribution >= 4 is 5.97 Å². The van der Waals surface area contributed by atoms with Crippen molar-refractivity contribution in [1.29, 1.82) is 0 Å². The molecule has 3 aromatic carbocycles. The number of carboxylic acids is 1. The molecule has 0 radical (unpaired) electrons. The summed E-state index contributed by atoms with van der Waals surface area (Å²) in [6, 6.07) is 17.5. The molecule has 6 heteroatoms. The van der Waals surface area contributed by atoms with Gasteiger partial charge < -0.3 is 14.6 Å². The van der Waals surface area contributed by atoms with Gasteiger partial charge in [0.1, 0.15) is 23.4 Å². The predicted octanol–water partition coefficient (Wildman–Crippen LogP) is 7.81. The Bertz CT molecular complexity index is 1620. The molecule has 2 atom stereocenters. The number of hydrogen-bond acceptors (Lipinski definition) is 4. The van der Waals surface area contributed by atoms with Gasteiger partial charge in [0.05, 0.1) is 18.7 Å². The number of benzene rings is 3. The lowest BCUT2D eigenvalue weighted by Gasteiger charge is -2.19. The molecule has 1 aliphatic heterocycles. The summed E-state index contributed by atoms with van der Waals surface area (Å²) in [5, 5.41) is 9.17. The van der Waals surface area contributed by atoms with Gasteiger partial charge in [0.2, 0.25) is 0 Å². The zero-order chi connectivity index (χ0) is 28.1. The highest BCUT2D eigenvalue weighted by atomic mass is 19.1. The second-order valence-electron chi connectivity index (χ2n) is 11.1. The first-order valence-corrected chi connectivity index (χ1v) is 13.7. The summed E-state index contributed by atoms with van der Waals surface area (Å²) in [7, 11) is 0. The smallest absolute Gasteiger partial charge is 0.304 e. The Morgan fingerprint density at radius 2 is 1.82 bits per heavy atom. The molecular formula is C34H32FNO4. The monoisotopic (exact) mass is 537 g/mol. The third-order valence-corrected chi connectivity index (χ3v) is 8.04. The summed E-state index contributed by atoms with van der Waals surface area (Å²) in [4.78, 5) is 15.9. The molecule has 0 saturated carbocycles. The highest BCUT2D eigenvalue weighted by molar-refractivity contribution is 5.79. The van der Waals surface area contributed by atoms with E-state index in [-0.39, 0.29) is 18.2 Å². The second-order valence-corrected chi connectivity index (χ2v) is 11.1. The fourth-order valence-electron chi connectivity index (χ4n) is 6.43. The minimum atomic E-state index is -0.849. The number of ether oxygens (including phenoxy) is 2. The standard InChI is InChI=1S/C34H32FNO4/c1-18-11-21(4)36-29(12-18)22-13-19(2)33(20(3)14-22)26-7-9-28(35)34-27(26)8-10-30(34)40-24-5-6-25-23(15-32(37)38)17-39-31(25)16-24/h5-7,9,11-14,16,23,30H,8,10,15,17H2,1-4H3,(H,37,38)/t23?,30-/m1/s1. The van der Waals surface area contributed by atoms with Crippen LogP contribution in [0.1, 0.15) is 63.9 Å². The molecule has 2 aliphatic rings. The molecule has 2 heterocycles. The van der Waals surface area contributed by atoms with Crippen molar-refractivity contribution in [2.75, 3.05) is 6.61 Å². The van der Waals surface area contributed by atoms with E-state index in [1.807, 2.05) is 25.1 Å². The molecule has 40 heavy (non-hydrogen) atoms.